The second-order valence-corrected chi connectivity index (χ2v) is 4.18. The molecule has 3 N–H and O–H groups in total. The standard InChI is InChI=1S/C12H11N5O2/c18-11-9-10(16-12(19)17-11)15-8(14-9)4-3-7-2-1-5-13-6-7/h1-2,5-6H,3-4H2,(H3,14,15,16,17,18,19). The second-order valence-electron chi connectivity index (χ2n) is 4.18. The lowest BCUT2D eigenvalue weighted by molar-refractivity contribution is 0.883. The van der Waals surface area contributed by atoms with E-state index in [-0.39, 0.29) is 5.65 Å². The summed E-state index contributed by atoms with van der Waals surface area (Å²) in [4.78, 5) is 38.4. The van der Waals surface area contributed by atoms with Crippen LogP contribution in [0.3, 0.4) is 0 Å². The first-order chi connectivity index (χ1) is 9.22. The number of aromatic amines is 3. The summed E-state index contributed by atoms with van der Waals surface area (Å²) in [7, 11) is 0. The summed E-state index contributed by atoms with van der Waals surface area (Å²) < 4.78 is 0. The fourth-order valence-electron chi connectivity index (χ4n) is 1.91. The molecule has 0 radical (unpaired) electrons. The van der Waals surface area contributed by atoms with Crippen molar-refractivity contribution in [1.29, 1.82) is 0 Å². The van der Waals surface area contributed by atoms with E-state index in [2.05, 4.69) is 24.9 Å². The monoisotopic (exact) mass is 257 g/mol. The third kappa shape index (κ3) is 2.30. The molecule has 0 unspecified atom stereocenters. The van der Waals surface area contributed by atoms with E-state index < -0.39 is 11.2 Å². The highest BCUT2D eigenvalue weighted by atomic mass is 16.2. The second kappa shape index (κ2) is 4.52. The highest BCUT2D eigenvalue weighted by Crippen LogP contribution is 2.06. The van der Waals surface area contributed by atoms with Gasteiger partial charge >= 0.3 is 5.69 Å². The Bertz CT molecular complexity index is 815. The van der Waals surface area contributed by atoms with Crippen molar-refractivity contribution in [3.8, 4) is 0 Å². The molecule has 0 saturated heterocycles. The van der Waals surface area contributed by atoms with Crippen molar-refractivity contribution in [3.63, 3.8) is 0 Å². The SMILES string of the molecule is O=c1[nH]c(=O)c2[nH]c(CCc3cccnc3)nc2[nH]1. The van der Waals surface area contributed by atoms with Crippen molar-refractivity contribution >= 4 is 11.2 Å². The molecule has 0 amide bonds. The van der Waals surface area contributed by atoms with Crippen molar-refractivity contribution in [2.45, 2.75) is 12.8 Å². The number of fused-ring (bicyclic) bond motifs is 1. The molecule has 0 spiro atoms. The molecule has 0 aromatic carbocycles. The van der Waals surface area contributed by atoms with Gasteiger partial charge in [0.2, 0.25) is 0 Å². The van der Waals surface area contributed by atoms with Crippen LogP contribution in [-0.2, 0) is 12.8 Å². The number of hydrogen-bond acceptors (Lipinski definition) is 4. The summed E-state index contributed by atoms with van der Waals surface area (Å²) >= 11 is 0. The van der Waals surface area contributed by atoms with Crippen molar-refractivity contribution < 1.29 is 0 Å². The zero-order valence-corrected chi connectivity index (χ0v) is 9.93. The van der Waals surface area contributed by atoms with Gasteiger partial charge < -0.3 is 4.98 Å². The van der Waals surface area contributed by atoms with E-state index in [1.54, 1.807) is 12.4 Å². The molecule has 0 aliphatic carbocycles. The Morgan fingerprint density at radius 2 is 2.00 bits per heavy atom. The van der Waals surface area contributed by atoms with E-state index in [1.807, 2.05) is 12.1 Å². The largest absolute Gasteiger partial charge is 0.336 e. The van der Waals surface area contributed by atoms with Gasteiger partial charge in [0, 0.05) is 18.8 Å². The Labute approximate surface area is 106 Å². The molecular formula is C12H11N5O2. The van der Waals surface area contributed by atoms with Gasteiger partial charge in [0.05, 0.1) is 0 Å². The Morgan fingerprint density at radius 3 is 2.79 bits per heavy atom. The molecular weight excluding hydrogens is 246 g/mol. The molecule has 3 rings (SSSR count). The van der Waals surface area contributed by atoms with Gasteiger partial charge in [-0.3, -0.25) is 19.7 Å². The molecule has 96 valence electrons. The van der Waals surface area contributed by atoms with E-state index >= 15 is 0 Å². The molecule has 7 nitrogen and oxygen atoms in total. The lowest BCUT2D eigenvalue weighted by Gasteiger charge is -1.97. The van der Waals surface area contributed by atoms with E-state index in [4.69, 9.17) is 0 Å². The Balaban J connectivity index is 1.88. The molecule has 3 heterocycles. The van der Waals surface area contributed by atoms with E-state index in [0.717, 1.165) is 12.0 Å². The number of nitrogens with one attached hydrogen (secondary N) is 3. The Morgan fingerprint density at radius 1 is 1.11 bits per heavy atom. The zero-order chi connectivity index (χ0) is 13.2. The summed E-state index contributed by atoms with van der Waals surface area (Å²) in [6.07, 6.45) is 4.91. The Hall–Kier alpha value is -2.70. The first-order valence-electron chi connectivity index (χ1n) is 5.82. The minimum atomic E-state index is -0.553. The van der Waals surface area contributed by atoms with Gasteiger partial charge in [-0.25, -0.2) is 9.78 Å². The van der Waals surface area contributed by atoms with Gasteiger partial charge in [0.15, 0.2) is 5.65 Å². The van der Waals surface area contributed by atoms with Gasteiger partial charge in [-0.05, 0) is 18.1 Å². The molecule has 3 aromatic rings. The maximum atomic E-state index is 11.5. The number of hydrogen-bond donors (Lipinski definition) is 3. The van der Waals surface area contributed by atoms with Crippen LogP contribution >= 0.6 is 0 Å². The van der Waals surface area contributed by atoms with Crippen LogP contribution < -0.4 is 11.2 Å². The fourth-order valence-corrected chi connectivity index (χ4v) is 1.91. The number of pyridine rings is 1. The highest BCUT2D eigenvalue weighted by molar-refractivity contribution is 5.68. The number of rotatable bonds is 3. The maximum absolute atomic E-state index is 11.5. The quantitative estimate of drug-likeness (QED) is 0.619. The molecule has 3 aromatic heterocycles. The third-order valence-electron chi connectivity index (χ3n) is 2.81. The summed E-state index contributed by atoms with van der Waals surface area (Å²) in [6.45, 7) is 0. The van der Waals surface area contributed by atoms with Crippen molar-refractivity contribution in [2.75, 3.05) is 0 Å². The molecule has 0 atom stereocenters. The lowest BCUT2D eigenvalue weighted by Crippen LogP contribution is -2.21. The first kappa shape index (κ1) is 11.4. The summed E-state index contributed by atoms with van der Waals surface area (Å²) in [5, 5.41) is 0. The molecule has 0 aliphatic heterocycles. The first-order valence-corrected chi connectivity index (χ1v) is 5.82. The maximum Gasteiger partial charge on any atom is 0.327 e. The summed E-state index contributed by atoms with van der Waals surface area (Å²) in [5.41, 5.74) is 0.655. The van der Waals surface area contributed by atoms with E-state index in [1.165, 1.54) is 0 Å². The number of aryl methyl sites for hydroxylation is 2. The molecule has 0 saturated carbocycles. The van der Waals surface area contributed by atoms with Gasteiger partial charge in [0.25, 0.3) is 5.56 Å². The molecule has 0 fully saturated rings. The average Bonchev–Trinajstić information content (AvgIpc) is 2.81. The van der Waals surface area contributed by atoms with Crippen LogP contribution in [0.25, 0.3) is 11.2 Å². The smallest absolute Gasteiger partial charge is 0.327 e. The van der Waals surface area contributed by atoms with Gasteiger partial charge in [-0.2, -0.15) is 0 Å². The van der Waals surface area contributed by atoms with Crippen LogP contribution in [0.5, 0.6) is 0 Å². The van der Waals surface area contributed by atoms with Crippen molar-refractivity contribution in [3.05, 3.63) is 56.8 Å². The predicted molar refractivity (Wildman–Crippen MR) is 69.0 cm³/mol. The van der Waals surface area contributed by atoms with Crippen LogP contribution in [-0.4, -0.2) is 24.9 Å². The van der Waals surface area contributed by atoms with Gasteiger partial charge in [-0.1, -0.05) is 6.07 Å². The third-order valence-corrected chi connectivity index (χ3v) is 2.81. The molecule has 0 aliphatic rings. The minimum absolute atomic E-state index is 0.287. The number of aromatic nitrogens is 5. The summed E-state index contributed by atoms with van der Waals surface area (Å²) in [5.74, 6) is 0.659. The zero-order valence-electron chi connectivity index (χ0n) is 9.93. The summed E-state index contributed by atoms with van der Waals surface area (Å²) in [6, 6.07) is 3.85. The van der Waals surface area contributed by atoms with E-state index in [0.29, 0.717) is 17.8 Å². The van der Waals surface area contributed by atoms with E-state index in [9.17, 15) is 9.59 Å². The van der Waals surface area contributed by atoms with Crippen molar-refractivity contribution in [2.24, 2.45) is 0 Å². The molecule has 0 bridgehead atoms. The van der Waals surface area contributed by atoms with Gasteiger partial charge in [-0.15, -0.1) is 0 Å². The average molecular weight is 257 g/mol. The number of nitrogens with zero attached hydrogens (tertiary/aromatic N) is 2. The lowest BCUT2D eigenvalue weighted by atomic mass is 10.1. The predicted octanol–water partition coefficient (Wildman–Crippen LogP) is 0.120. The van der Waals surface area contributed by atoms with Crippen LogP contribution in [0.1, 0.15) is 11.4 Å². The molecule has 7 heteroatoms. The van der Waals surface area contributed by atoms with Gasteiger partial charge in [0.1, 0.15) is 11.3 Å². The normalized spacial score (nSPS) is 10.9. The number of H-pyrrole nitrogens is 3. The van der Waals surface area contributed by atoms with Crippen molar-refractivity contribution in [1.82, 2.24) is 24.9 Å². The van der Waals surface area contributed by atoms with Crippen LogP contribution in [0.4, 0.5) is 0 Å². The molecule has 19 heavy (non-hydrogen) atoms. The Kier molecular flexibility index (Phi) is 2.71. The number of imidazole rings is 1. The minimum Gasteiger partial charge on any atom is -0.336 e. The fraction of sp³-hybridized carbons (Fsp3) is 0.167. The topological polar surface area (TPSA) is 107 Å². The van der Waals surface area contributed by atoms with Crippen LogP contribution in [0.15, 0.2) is 34.1 Å². The van der Waals surface area contributed by atoms with Crippen LogP contribution in [0.2, 0.25) is 0 Å². The highest BCUT2D eigenvalue weighted by Gasteiger charge is 2.07. The van der Waals surface area contributed by atoms with Crippen LogP contribution in [0, 0.1) is 0 Å².